The van der Waals surface area contributed by atoms with E-state index in [-0.39, 0.29) is 12.5 Å². The second kappa shape index (κ2) is 5.73. The fourth-order valence-corrected chi connectivity index (χ4v) is 1.72. The van der Waals surface area contributed by atoms with E-state index in [0.29, 0.717) is 17.4 Å². The molecule has 0 unspecified atom stereocenters. The first-order valence-electron chi connectivity index (χ1n) is 6.18. The van der Waals surface area contributed by atoms with Gasteiger partial charge in [0.1, 0.15) is 5.75 Å². The molecule has 0 saturated heterocycles. The molecular formula is C14H17NO4. The number of carbonyl (C=O) groups is 2. The molecule has 0 heterocycles. The summed E-state index contributed by atoms with van der Waals surface area (Å²) in [5.74, 6) is 0.140. The molecule has 5 nitrogen and oxygen atoms in total. The molecule has 1 aliphatic rings. The van der Waals surface area contributed by atoms with Gasteiger partial charge in [-0.25, -0.2) is 4.79 Å². The molecule has 0 spiro atoms. The number of ether oxygens (including phenoxy) is 2. The molecule has 1 aliphatic carbocycles. The zero-order valence-electron chi connectivity index (χ0n) is 11.1. The molecule has 0 atom stereocenters. The van der Waals surface area contributed by atoms with E-state index in [4.69, 9.17) is 4.74 Å². The van der Waals surface area contributed by atoms with Crippen LogP contribution < -0.4 is 4.74 Å². The quantitative estimate of drug-likeness (QED) is 0.755. The minimum atomic E-state index is -0.393. The topological polar surface area (TPSA) is 55.8 Å². The van der Waals surface area contributed by atoms with Crippen molar-refractivity contribution in [1.29, 1.82) is 0 Å². The first-order valence-corrected chi connectivity index (χ1v) is 6.18. The Labute approximate surface area is 112 Å². The van der Waals surface area contributed by atoms with Crippen LogP contribution in [0.2, 0.25) is 0 Å². The Balaban J connectivity index is 1.85. The van der Waals surface area contributed by atoms with Gasteiger partial charge in [-0.15, -0.1) is 0 Å². The zero-order chi connectivity index (χ0) is 13.8. The summed E-state index contributed by atoms with van der Waals surface area (Å²) in [6.45, 7) is 0.0184. The van der Waals surface area contributed by atoms with E-state index in [1.807, 2.05) is 0 Å². The van der Waals surface area contributed by atoms with E-state index < -0.39 is 5.97 Å². The second-order valence-electron chi connectivity index (χ2n) is 4.54. The van der Waals surface area contributed by atoms with Crippen LogP contribution in [-0.4, -0.2) is 43.6 Å². The van der Waals surface area contributed by atoms with Crippen molar-refractivity contribution in [3.05, 3.63) is 29.8 Å². The monoisotopic (exact) mass is 263 g/mol. The zero-order valence-corrected chi connectivity index (χ0v) is 11.1. The van der Waals surface area contributed by atoms with E-state index in [1.165, 1.54) is 7.11 Å². The van der Waals surface area contributed by atoms with Gasteiger partial charge >= 0.3 is 5.97 Å². The van der Waals surface area contributed by atoms with Gasteiger partial charge in [-0.2, -0.15) is 0 Å². The van der Waals surface area contributed by atoms with Crippen LogP contribution in [-0.2, 0) is 9.53 Å². The number of amides is 1. The molecule has 2 rings (SSSR count). The molecule has 19 heavy (non-hydrogen) atoms. The Morgan fingerprint density at radius 3 is 2.42 bits per heavy atom. The van der Waals surface area contributed by atoms with Crippen LogP contribution in [0.3, 0.4) is 0 Å². The van der Waals surface area contributed by atoms with E-state index in [2.05, 4.69) is 4.74 Å². The van der Waals surface area contributed by atoms with Crippen molar-refractivity contribution in [3.8, 4) is 5.75 Å². The van der Waals surface area contributed by atoms with Crippen LogP contribution >= 0.6 is 0 Å². The molecule has 0 aliphatic heterocycles. The van der Waals surface area contributed by atoms with Crippen molar-refractivity contribution in [2.45, 2.75) is 18.9 Å². The molecule has 0 aromatic heterocycles. The summed E-state index contributed by atoms with van der Waals surface area (Å²) >= 11 is 0. The van der Waals surface area contributed by atoms with E-state index in [1.54, 1.807) is 36.2 Å². The number of methoxy groups -OCH3 is 1. The molecule has 102 valence electrons. The van der Waals surface area contributed by atoms with Crippen molar-refractivity contribution < 1.29 is 19.1 Å². The third kappa shape index (κ3) is 3.47. The maximum atomic E-state index is 11.7. The number of hydrogen-bond acceptors (Lipinski definition) is 4. The van der Waals surface area contributed by atoms with Gasteiger partial charge in [0.2, 0.25) is 0 Å². The molecule has 1 aromatic carbocycles. The lowest BCUT2D eigenvalue weighted by Gasteiger charge is -2.16. The molecule has 1 fully saturated rings. The Bertz CT molecular complexity index is 465. The normalized spacial score (nSPS) is 13.8. The van der Waals surface area contributed by atoms with Gasteiger partial charge in [-0.3, -0.25) is 4.79 Å². The van der Waals surface area contributed by atoms with Crippen molar-refractivity contribution in [2.75, 3.05) is 20.8 Å². The highest BCUT2D eigenvalue weighted by molar-refractivity contribution is 5.89. The summed E-state index contributed by atoms with van der Waals surface area (Å²) in [7, 11) is 3.13. The van der Waals surface area contributed by atoms with Crippen molar-refractivity contribution >= 4 is 11.9 Å². The van der Waals surface area contributed by atoms with Gasteiger partial charge in [0.25, 0.3) is 5.91 Å². The Hall–Kier alpha value is -2.04. The SMILES string of the molecule is COC(=O)c1ccc(OCC(=O)N(C)C2CC2)cc1. The highest BCUT2D eigenvalue weighted by Gasteiger charge is 2.29. The average molecular weight is 263 g/mol. The number of rotatable bonds is 5. The molecule has 0 radical (unpaired) electrons. The maximum Gasteiger partial charge on any atom is 0.337 e. The predicted molar refractivity (Wildman–Crippen MR) is 69.1 cm³/mol. The van der Waals surface area contributed by atoms with Crippen LogP contribution in [0.5, 0.6) is 5.75 Å². The van der Waals surface area contributed by atoms with E-state index in [0.717, 1.165) is 12.8 Å². The lowest BCUT2D eigenvalue weighted by molar-refractivity contribution is -0.132. The molecule has 1 saturated carbocycles. The van der Waals surface area contributed by atoms with Gasteiger partial charge in [-0.1, -0.05) is 0 Å². The van der Waals surface area contributed by atoms with Crippen LogP contribution in [0.15, 0.2) is 24.3 Å². The van der Waals surface area contributed by atoms with Gasteiger partial charge in [0.15, 0.2) is 6.61 Å². The third-order valence-corrected chi connectivity index (χ3v) is 3.13. The van der Waals surface area contributed by atoms with Crippen LogP contribution in [0.1, 0.15) is 23.2 Å². The van der Waals surface area contributed by atoms with Crippen LogP contribution in [0, 0.1) is 0 Å². The molecule has 1 aromatic rings. The first kappa shape index (κ1) is 13.4. The summed E-state index contributed by atoms with van der Waals surface area (Å²) in [6, 6.07) is 6.90. The molecular weight excluding hydrogens is 246 g/mol. The van der Waals surface area contributed by atoms with Crippen LogP contribution in [0.25, 0.3) is 0 Å². The Morgan fingerprint density at radius 1 is 1.26 bits per heavy atom. The number of nitrogens with zero attached hydrogens (tertiary/aromatic N) is 1. The van der Waals surface area contributed by atoms with Crippen molar-refractivity contribution in [2.24, 2.45) is 0 Å². The summed E-state index contributed by atoms with van der Waals surface area (Å²) in [5, 5.41) is 0. The Morgan fingerprint density at radius 2 is 1.89 bits per heavy atom. The first-order chi connectivity index (χ1) is 9.11. The maximum absolute atomic E-state index is 11.7. The molecule has 0 bridgehead atoms. The summed E-state index contributed by atoms with van der Waals surface area (Å²) < 4.78 is 9.99. The van der Waals surface area contributed by atoms with Crippen molar-refractivity contribution in [3.63, 3.8) is 0 Å². The van der Waals surface area contributed by atoms with Gasteiger partial charge in [0.05, 0.1) is 12.7 Å². The summed E-state index contributed by atoms with van der Waals surface area (Å²) in [5.41, 5.74) is 0.455. The molecule has 5 heteroatoms. The number of hydrogen-bond donors (Lipinski definition) is 0. The Kier molecular flexibility index (Phi) is 4.04. The lowest BCUT2D eigenvalue weighted by Crippen LogP contribution is -2.33. The van der Waals surface area contributed by atoms with Crippen LogP contribution in [0.4, 0.5) is 0 Å². The molecule has 0 N–H and O–H groups in total. The minimum Gasteiger partial charge on any atom is -0.484 e. The largest absolute Gasteiger partial charge is 0.484 e. The van der Waals surface area contributed by atoms with Crippen molar-refractivity contribution in [1.82, 2.24) is 4.90 Å². The predicted octanol–water partition coefficient (Wildman–Crippen LogP) is 1.47. The number of carbonyl (C=O) groups excluding carboxylic acids is 2. The third-order valence-electron chi connectivity index (χ3n) is 3.13. The number of esters is 1. The highest BCUT2D eigenvalue weighted by Crippen LogP contribution is 2.25. The van der Waals surface area contributed by atoms with E-state index >= 15 is 0 Å². The average Bonchev–Trinajstić information content (AvgIpc) is 3.28. The lowest BCUT2D eigenvalue weighted by atomic mass is 10.2. The number of benzene rings is 1. The van der Waals surface area contributed by atoms with Gasteiger partial charge < -0.3 is 14.4 Å². The fourth-order valence-electron chi connectivity index (χ4n) is 1.72. The molecule has 1 amide bonds. The fraction of sp³-hybridized carbons (Fsp3) is 0.429. The minimum absolute atomic E-state index is 0.0184. The van der Waals surface area contributed by atoms with E-state index in [9.17, 15) is 9.59 Å². The standard InChI is InChI=1S/C14H17NO4/c1-15(11-5-6-11)13(16)9-19-12-7-3-10(4-8-12)14(17)18-2/h3-4,7-8,11H,5-6,9H2,1-2H3. The smallest absolute Gasteiger partial charge is 0.337 e. The number of likely N-dealkylation sites (N-methyl/N-ethyl adjacent to an activating group) is 1. The van der Waals surface area contributed by atoms with Gasteiger partial charge in [0, 0.05) is 13.1 Å². The summed E-state index contributed by atoms with van der Waals surface area (Å²) in [4.78, 5) is 24.7. The summed E-state index contributed by atoms with van der Waals surface area (Å²) in [6.07, 6.45) is 2.16. The highest BCUT2D eigenvalue weighted by atomic mass is 16.5. The second-order valence-corrected chi connectivity index (χ2v) is 4.54. The van der Waals surface area contributed by atoms with Gasteiger partial charge in [-0.05, 0) is 37.1 Å².